The second-order valence-electron chi connectivity index (χ2n) is 2.94. The summed E-state index contributed by atoms with van der Waals surface area (Å²) in [5.41, 5.74) is 0.988. The van der Waals surface area contributed by atoms with Crippen molar-refractivity contribution in [2.75, 3.05) is 0 Å². The standard InChI is InChI=1S/C6H4BrN3.C5H5N/c7-6-5-3-1-2-4-10(5)9-8-6;1-2-4-6-5-3-1/h1-4H;1-5H. The van der Waals surface area contributed by atoms with Gasteiger partial charge in [0.05, 0.1) is 0 Å². The molecule has 3 heterocycles. The van der Waals surface area contributed by atoms with Crippen molar-refractivity contribution < 1.29 is 0 Å². The minimum atomic E-state index is 0.785. The van der Waals surface area contributed by atoms with Gasteiger partial charge >= 0.3 is 0 Å². The van der Waals surface area contributed by atoms with Gasteiger partial charge in [0.2, 0.25) is 0 Å². The largest absolute Gasteiger partial charge is 0.265 e. The number of halogens is 1. The first kappa shape index (κ1) is 10.8. The minimum absolute atomic E-state index is 0.785. The SMILES string of the molecule is Brc1nnn2ccccc12.c1ccncc1. The zero-order chi connectivity index (χ0) is 11.2. The quantitative estimate of drug-likeness (QED) is 0.634. The van der Waals surface area contributed by atoms with E-state index in [2.05, 4.69) is 31.2 Å². The average Bonchev–Trinajstić information content (AvgIpc) is 2.75. The minimum Gasteiger partial charge on any atom is -0.265 e. The van der Waals surface area contributed by atoms with Crippen molar-refractivity contribution in [3.63, 3.8) is 0 Å². The van der Waals surface area contributed by atoms with Crippen LogP contribution in [0, 0.1) is 0 Å². The van der Waals surface area contributed by atoms with Crippen LogP contribution in [0.2, 0.25) is 0 Å². The lowest BCUT2D eigenvalue weighted by Crippen LogP contribution is -1.83. The van der Waals surface area contributed by atoms with Crippen molar-refractivity contribution in [1.82, 2.24) is 19.8 Å². The predicted molar refractivity (Wildman–Crippen MR) is 64.9 cm³/mol. The van der Waals surface area contributed by atoms with Crippen LogP contribution in [0.4, 0.5) is 0 Å². The van der Waals surface area contributed by atoms with Gasteiger partial charge in [-0.25, -0.2) is 4.52 Å². The van der Waals surface area contributed by atoms with Gasteiger partial charge in [0.25, 0.3) is 0 Å². The van der Waals surface area contributed by atoms with E-state index < -0.39 is 0 Å². The van der Waals surface area contributed by atoms with Gasteiger partial charge in [0.15, 0.2) is 4.60 Å². The smallest absolute Gasteiger partial charge is 0.156 e. The molecule has 0 amide bonds. The first-order valence-corrected chi connectivity index (χ1v) is 5.48. The molecule has 0 aromatic carbocycles. The molecular formula is C11H9BrN4. The first-order chi connectivity index (χ1) is 7.88. The number of hydrogen-bond acceptors (Lipinski definition) is 3. The highest BCUT2D eigenvalue weighted by molar-refractivity contribution is 9.10. The third-order valence-electron chi connectivity index (χ3n) is 1.85. The van der Waals surface area contributed by atoms with Crippen molar-refractivity contribution in [3.8, 4) is 0 Å². The highest BCUT2D eigenvalue weighted by Crippen LogP contribution is 2.12. The Hall–Kier alpha value is -1.75. The third kappa shape index (κ3) is 2.64. The van der Waals surface area contributed by atoms with Crippen LogP contribution in [0.1, 0.15) is 0 Å². The predicted octanol–water partition coefficient (Wildman–Crippen LogP) is 2.57. The molecule has 0 saturated heterocycles. The Kier molecular flexibility index (Phi) is 3.61. The second-order valence-corrected chi connectivity index (χ2v) is 3.69. The molecule has 0 fully saturated rings. The van der Waals surface area contributed by atoms with E-state index in [1.165, 1.54) is 0 Å². The van der Waals surface area contributed by atoms with E-state index in [4.69, 9.17) is 0 Å². The summed E-state index contributed by atoms with van der Waals surface area (Å²) < 4.78 is 2.50. The molecule has 0 aliphatic heterocycles. The van der Waals surface area contributed by atoms with Gasteiger partial charge in [-0.1, -0.05) is 17.3 Å². The normalized spacial score (nSPS) is 9.56. The van der Waals surface area contributed by atoms with Gasteiger partial charge < -0.3 is 0 Å². The Balaban J connectivity index is 0.000000138. The maximum Gasteiger partial charge on any atom is 0.156 e. The molecule has 0 N–H and O–H groups in total. The van der Waals surface area contributed by atoms with Gasteiger partial charge in [-0.15, -0.1) is 5.10 Å². The zero-order valence-corrected chi connectivity index (χ0v) is 9.95. The van der Waals surface area contributed by atoms with Crippen molar-refractivity contribution in [3.05, 3.63) is 59.6 Å². The van der Waals surface area contributed by atoms with Crippen molar-refractivity contribution in [2.45, 2.75) is 0 Å². The molecule has 0 bridgehead atoms. The Bertz CT molecular complexity index is 523. The number of pyridine rings is 2. The number of hydrogen-bond donors (Lipinski definition) is 0. The molecule has 5 heteroatoms. The summed E-state index contributed by atoms with van der Waals surface area (Å²) in [6.45, 7) is 0. The van der Waals surface area contributed by atoms with E-state index in [-0.39, 0.29) is 0 Å². The van der Waals surface area contributed by atoms with E-state index in [0.29, 0.717) is 0 Å². The molecule has 3 aromatic heterocycles. The molecule has 80 valence electrons. The van der Waals surface area contributed by atoms with Gasteiger partial charge in [-0.2, -0.15) is 0 Å². The Morgan fingerprint density at radius 1 is 1.00 bits per heavy atom. The second kappa shape index (κ2) is 5.37. The molecule has 0 aliphatic rings. The highest BCUT2D eigenvalue weighted by atomic mass is 79.9. The molecule has 0 unspecified atom stereocenters. The summed E-state index contributed by atoms with van der Waals surface area (Å²) in [6.07, 6.45) is 5.35. The zero-order valence-electron chi connectivity index (χ0n) is 8.36. The fourth-order valence-electron chi connectivity index (χ4n) is 1.13. The molecule has 0 atom stereocenters. The molecule has 0 spiro atoms. The number of rotatable bonds is 0. The Labute approximate surface area is 101 Å². The van der Waals surface area contributed by atoms with Crippen LogP contribution < -0.4 is 0 Å². The van der Waals surface area contributed by atoms with Crippen LogP contribution in [-0.4, -0.2) is 19.8 Å². The molecule has 3 aromatic rings. The lowest BCUT2D eigenvalue weighted by molar-refractivity contribution is 0.852. The van der Waals surface area contributed by atoms with E-state index in [1.807, 2.05) is 42.6 Å². The van der Waals surface area contributed by atoms with E-state index in [0.717, 1.165) is 10.1 Å². The Morgan fingerprint density at radius 3 is 2.38 bits per heavy atom. The van der Waals surface area contributed by atoms with Crippen LogP contribution in [0.3, 0.4) is 0 Å². The van der Waals surface area contributed by atoms with Crippen molar-refractivity contribution in [1.29, 1.82) is 0 Å². The maximum atomic E-state index is 3.84. The molecule has 0 aliphatic carbocycles. The number of nitrogens with zero attached hydrogens (tertiary/aromatic N) is 4. The summed E-state index contributed by atoms with van der Waals surface area (Å²) in [4.78, 5) is 3.78. The van der Waals surface area contributed by atoms with Crippen LogP contribution in [0.25, 0.3) is 5.52 Å². The summed E-state index contributed by atoms with van der Waals surface area (Å²) in [5.74, 6) is 0. The van der Waals surface area contributed by atoms with E-state index in [9.17, 15) is 0 Å². The van der Waals surface area contributed by atoms with E-state index in [1.54, 1.807) is 16.9 Å². The van der Waals surface area contributed by atoms with Crippen LogP contribution in [0.5, 0.6) is 0 Å². The monoisotopic (exact) mass is 276 g/mol. The molecule has 0 radical (unpaired) electrons. The van der Waals surface area contributed by atoms with Crippen LogP contribution >= 0.6 is 15.9 Å². The third-order valence-corrected chi connectivity index (χ3v) is 2.41. The van der Waals surface area contributed by atoms with Gasteiger partial charge in [-0.05, 0) is 40.2 Å². The molecule has 3 rings (SSSR count). The summed E-state index contributed by atoms with van der Waals surface area (Å²) in [6, 6.07) is 11.5. The topological polar surface area (TPSA) is 43.1 Å². The lowest BCUT2D eigenvalue weighted by atomic mass is 10.4. The number of aromatic nitrogens is 4. The fraction of sp³-hybridized carbons (Fsp3) is 0. The molecule has 0 saturated carbocycles. The van der Waals surface area contributed by atoms with Gasteiger partial charge in [-0.3, -0.25) is 4.98 Å². The van der Waals surface area contributed by atoms with Crippen LogP contribution in [-0.2, 0) is 0 Å². The molecule has 16 heavy (non-hydrogen) atoms. The first-order valence-electron chi connectivity index (χ1n) is 4.68. The maximum absolute atomic E-state index is 3.84. The summed E-state index contributed by atoms with van der Waals surface area (Å²) >= 11 is 3.27. The highest BCUT2D eigenvalue weighted by Gasteiger charge is 1.97. The lowest BCUT2D eigenvalue weighted by Gasteiger charge is -1.86. The Morgan fingerprint density at radius 2 is 1.81 bits per heavy atom. The van der Waals surface area contributed by atoms with Gasteiger partial charge in [0.1, 0.15) is 5.52 Å². The molecular weight excluding hydrogens is 268 g/mol. The van der Waals surface area contributed by atoms with Crippen LogP contribution in [0.15, 0.2) is 59.6 Å². The number of fused-ring (bicyclic) bond motifs is 1. The fourth-order valence-corrected chi connectivity index (χ4v) is 1.51. The van der Waals surface area contributed by atoms with Crippen molar-refractivity contribution in [2.24, 2.45) is 0 Å². The van der Waals surface area contributed by atoms with Gasteiger partial charge in [0, 0.05) is 18.6 Å². The molecule has 4 nitrogen and oxygen atoms in total. The van der Waals surface area contributed by atoms with E-state index >= 15 is 0 Å². The summed E-state index contributed by atoms with van der Waals surface area (Å²) in [7, 11) is 0. The summed E-state index contributed by atoms with van der Waals surface area (Å²) in [5, 5.41) is 7.66. The average molecular weight is 277 g/mol. The van der Waals surface area contributed by atoms with Crippen molar-refractivity contribution >= 4 is 21.4 Å².